The number of nitrogens with one attached hydrogen (secondary N) is 3. The Bertz CT molecular complexity index is 772. The van der Waals surface area contributed by atoms with E-state index < -0.39 is 0 Å². The van der Waals surface area contributed by atoms with E-state index in [1.165, 1.54) is 11.3 Å². The zero-order chi connectivity index (χ0) is 17.5. The van der Waals surface area contributed by atoms with Gasteiger partial charge >= 0.3 is 0 Å². The van der Waals surface area contributed by atoms with Crippen molar-refractivity contribution in [2.75, 3.05) is 18.9 Å². The topological polar surface area (TPSA) is 74.8 Å². The fourth-order valence-electron chi connectivity index (χ4n) is 2.43. The summed E-state index contributed by atoms with van der Waals surface area (Å²) in [5, 5.41) is 13.2. The monoisotopic (exact) mass is 354 g/mol. The summed E-state index contributed by atoms with van der Waals surface area (Å²) >= 11 is 1.68. The molecule has 0 unspecified atom stereocenters. The minimum absolute atomic E-state index is 0.626. The molecule has 1 aliphatic rings. The lowest BCUT2D eigenvalue weighted by molar-refractivity contribution is 0.933. The Balaban J connectivity index is 1.67. The predicted octanol–water partition coefficient (Wildman–Crippen LogP) is 2.96. The van der Waals surface area contributed by atoms with Crippen molar-refractivity contribution in [3.05, 3.63) is 64.2 Å². The average Bonchev–Trinajstić information content (AvgIpc) is 3.13. The fourth-order valence-corrected chi connectivity index (χ4v) is 3.43. The van der Waals surface area contributed by atoms with Crippen molar-refractivity contribution in [2.45, 2.75) is 19.8 Å². The molecule has 25 heavy (non-hydrogen) atoms. The number of allylic oxidation sites excluding steroid dienone is 1. The number of thioether (sulfide) groups is 1. The summed E-state index contributed by atoms with van der Waals surface area (Å²) in [5.41, 5.74) is 4.25. The molecule has 0 radical (unpaired) electrons. The summed E-state index contributed by atoms with van der Waals surface area (Å²) in [6.07, 6.45) is 7.30. The van der Waals surface area contributed by atoms with Crippen LogP contribution in [-0.4, -0.2) is 28.5 Å². The number of rotatable bonds is 7. The van der Waals surface area contributed by atoms with E-state index in [1.807, 2.05) is 25.4 Å². The highest BCUT2D eigenvalue weighted by Gasteiger charge is 2.16. The van der Waals surface area contributed by atoms with Crippen LogP contribution < -0.4 is 16.0 Å². The van der Waals surface area contributed by atoms with Gasteiger partial charge in [-0.25, -0.2) is 9.97 Å². The lowest BCUT2D eigenvalue weighted by Crippen LogP contribution is -2.16. The Labute approximate surface area is 152 Å². The number of hydrogen-bond donors (Lipinski definition) is 3. The molecule has 3 N–H and O–H groups in total. The van der Waals surface area contributed by atoms with Gasteiger partial charge in [0.1, 0.15) is 5.03 Å². The Morgan fingerprint density at radius 1 is 1.28 bits per heavy atom. The zero-order valence-electron chi connectivity index (χ0n) is 14.4. The number of nitrogens with zero attached hydrogens (tertiary/aromatic N) is 3. The van der Waals surface area contributed by atoms with Gasteiger partial charge < -0.3 is 16.0 Å². The Hall–Kier alpha value is -2.54. The smallest absolute Gasteiger partial charge is 0.223 e. The van der Waals surface area contributed by atoms with Crippen LogP contribution in [0.2, 0.25) is 0 Å². The van der Waals surface area contributed by atoms with E-state index in [0.717, 1.165) is 35.8 Å². The first kappa shape index (κ1) is 17.3. The summed E-state index contributed by atoms with van der Waals surface area (Å²) in [4.78, 5) is 13.1. The predicted molar refractivity (Wildman–Crippen MR) is 104 cm³/mol. The van der Waals surface area contributed by atoms with Gasteiger partial charge in [0, 0.05) is 37.9 Å². The lowest BCUT2D eigenvalue weighted by atomic mass is 10.2. The largest absolute Gasteiger partial charge is 0.384 e. The molecule has 3 heterocycles. The molecule has 0 fully saturated rings. The van der Waals surface area contributed by atoms with Crippen molar-refractivity contribution in [2.24, 2.45) is 0 Å². The van der Waals surface area contributed by atoms with Gasteiger partial charge in [-0.3, -0.25) is 4.98 Å². The highest BCUT2D eigenvalue weighted by molar-refractivity contribution is 8.06. The molecule has 0 saturated heterocycles. The third kappa shape index (κ3) is 4.51. The third-order valence-corrected chi connectivity index (χ3v) is 4.73. The molecule has 1 aliphatic heterocycles. The van der Waals surface area contributed by atoms with Gasteiger partial charge in [0.05, 0.1) is 11.4 Å². The van der Waals surface area contributed by atoms with E-state index in [0.29, 0.717) is 5.95 Å². The summed E-state index contributed by atoms with van der Waals surface area (Å²) in [6, 6.07) is 5.93. The molecule has 6 nitrogen and oxygen atoms in total. The van der Waals surface area contributed by atoms with Crippen molar-refractivity contribution < 1.29 is 0 Å². The molecule has 0 bridgehead atoms. The van der Waals surface area contributed by atoms with Gasteiger partial charge in [-0.1, -0.05) is 24.8 Å². The van der Waals surface area contributed by atoms with Crippen molar-refractivity contribution in [1.82, 2.24) is 25.6 Å². The van der Waals surface area contributed by atoms with E-state index in [-0.39, 0.29) is 0 Å². The van der Waals surface area contributed by atoms with Crippen molar-refractivity contribution in [3.63, 3.8) is 0 Å². The molecular formula is C18H22N6S. The van der Waals surface area contributed by atoms with Crippen LogP contribution in [0.3, 0.4) is 0 Å². The summed E-state index contributed by atoms with van der Waals surface area (Å²) < 4.78 is 0. The minimum Gasteiger partial charge on any atom is -0.384 e. The Morgan fingerprint density at radius 2 is 2.20 bits per heavy atom. The second-order valence-electron chi connectivity index (χ2n) is 5.50. The van der Waals surface area contributed by atoms with E-state index in [4.69, 9.17) is 0 Å². The van der Waals surface area contributed by atoms with E-state index in [1.54, 1.807) is 24.2 Å². The van der Waals surface area contributed by atoms with E-state index in [9.17, 15) is 0 Å². The van der Waals surface area contributed by atoms with Gasteiger partial charge in [-0.15, -0.1) is 0 Å². The normalized spacial score (nSPS) is 15.4. The van der Waals surface area contributed by atoms with E-state index >= 15 is 0 Å². The number of hydrogen-bond acceptors (Lipinski definition) is 7. The quantitative estimate of drug-likeness (QED) is 0.706. The molecule has 0 amide bonds. The molecule has 0 aromatic carbocycles. The molecule has 0 saturated carbocycles. The first-order valence-corrected chi connectivity index (χ1v) is 9.19. The van der Waals surface area contributed by atoms with Crippen LogP contribution in [0.5, 0.6) is 0 Å². The molecule has 0 atom stereocenters. The minimum atomic E-state index is 0.626. The zero-order valence-corrected chi connectivity index (χ0v) is 15.2. The van der Waals surface area contributed by atoms with Crippen molar-refractivity contribution in [1.29, 1.82) is 0 Å². The van der Waals surface area contributed by atoms with Crippen LogP contribution in [0.1, 0.15) is 24.6 Å². The average molecular weight is 354 g/mol. The fraction of sp³-hybridized carbons (Fsp3) is 0.278. The number of aromatic nitrogens is 3. The van der Waals surface area contributed by atoms with Crippen molar-refractivity contribution >= 4 is 23.4 Å². The van der Waals surface area contributed by atoms with Crippen LogP contribution >= 0.6 is 11.8 Å². The van der Waals surface area contributed by atoms with Crippen LogP contribution in [0.25, 0.3) is 5.70 Å². The van der Waals surface area contributed by atoms with Crippen LogP contribution in [0.4, 0.5) is 5.95 Å². The number of anilines is 1. The summed E-state index contributed by atoms with van der Waals surface area (Å²) in [6.45, 7) is 2.89. The molecule has 3 rings (SSSR count). The molecule has 0 spiro atoms. The standard InChI is InChI=1S/C18H22N6S/c1-3-14-12-25-17(23-14)16(19-2)15-7-10-22-18(24-15)21-9-6-13-5-4-8-20-11-13/h4-5,7-8,10-12,19,23H,3,6,9H2,1-2H3,(H,21,22,24)/b17-16+. The maximum absolute atomic E-state index is 4.64. The maximum Gasteiger partial charge on any atom is 0.223 e. The van der Waals surface area contributed by atoms with Gasteiger partial charge in [0.2, 0.25) is 5.95 Å². The second-order valence-corrected chi connectivity index (χ2v) is 6.38. The highest BCUT2D eigenvalue weighted by atomic mass is 32.2. The van der Waals surface area contributed by atoms with Gasteiger partial charge in [-0.2, -0.15) is 0 Å². The number of pyridine rings is 1. The lowest BCUT2D eigenvalue weighted by Gasteiger charge is -2.12. The Morgan fingerprint density at radius 3 is 2.92 bits per heavy atom. The van der Waals surface area contributed by atoms with Gasteiger partial charge in [0.25, 0.3) is 0 Å². The molecule has 2 aromatic rings. The Kier molecular flexibility index (Phi) is 5.90. The van der Waals surface area contributed by atoms with Gasteiger partial charge in [0.15, 0.2) is 0 Å². The first-order chi connectivity index (χ1) is 12.3. The summed E-state index contributed by atoms with van der Waals surface area (Å²) in [7, 11) is 1.91. The molecule has 0 aliphatic carbocycles. The maximum atomic E-state index is 4.64. The molecule has 130 valence electrons. The van der Waals surface area contributed by atoms with Crippen LogP contribution in [0, 0.1) is 0 Å². The van der Waals surface area contributed by atoms with E-state index in [2.05, 4.69) is 49.3 Å². The first-order valence-electron chi connectivity index (χ1n) is 8.31. The molecule has 2 aromatic heterocycles. The highest BCUT2D eigenvalue weighted by Crippen LogP contribution is 2.30. The second kappa shape index (κ2) is 8.53. The molecular weight excluding hydrogens is 332 g/mol. The van der Waals surface area contributed by atoms with Crippen LogP contribution in [0.15, 0.2) is 52.9 Å². The third-order valence-electron chi connectivity index (χ3n) is 3.78. The SMILES string of the molecule is CCC1=CS/C(=C(/NC)c2ccnc(NCCc3cccnc3)n2)N1. The molecule has 7 heteroatoms. The van der Waals surface area contributed by atoms with Crippen molar-refractivity contribution in [3.8, 4) is 0 Å². The summed E-state index contributed by atoms with van der Waals surface area (Å²) in [5.74, 6) is 0.626. The van der Waals surface area contributed by atoms with Crippen LogP contribution in [-0.2, 0) is 6.42 Å². The van der Waals surface area contributed by atoms with Gasteiger partial charge in [-0.05, 0) is 35.9 Å².